The predicted octanol–water partition coefficient (Wildman–Crippen LogP) is 2.61. The number of ether oxygens (including phenoxy) is 2. The number of methoxy groups -OCH3 is 1. The molecule has 0 aliphatic carbocycles. The van der Waals surface area contributed by atoms with Gasteiger partial charge in [-0.25, -0.2) is 0 Å². The number of hydrogen-bond donors (Lipinski definition) is 0. The third kappa shape index (κ3) is 3.81. The van der Waals surface area contributed by atoms with Gasteiger partial charge in [-0.3, -0.25) is 4.79 Å². The molecule has 2 aromatic rings. The molecule has 0 atom stereocenters. The Bertz CT molecular complexity index is 705. The Morgan fingerprint density at radius 1 is 1.00 bits per heavy atom. The molecule has 0 N–H and O–H groups in total. The van der Waals surface area contributed by atoms with Gasteiger partial charge in [-0.2, -0.15) is 4.99 Å². The highest BCUT2D eigenvalue weighted by atomic mass is 16.5. The number of hydrogen-bond acceptors (Lipinski definition) is 3. The average molecular weight is 324 g/mol. The molecule has 0 radical (unpaired) electrons. The Balaban J connectivity index is 1.91. The molecular weight excluding hydrogens is 304 g/mol. The van der Waals surface area contributed by atoms with Gasteiger partial charge in [-0.15, -0.1) is 0 Å². The third-order valence-corrected chi connectivity index (χ3v) is 3.89. The summed E-state index contributed by atoms with van der Waals surface area (Å²) < 4.78 is 10.5. The molecule has 1 fully saturated rings. The number of amides is 1. The summed E-state index contributed by atoms with van der Waals surface area (Å²) in [5, 5.41) is 0. The van der Waals surface area contributed by atoms with Crippen LogP contribution in [0.4, 0.5) is 0 Å². The number of aliphatic imine (C=N–C) groups is 1. The first-order chi connectivity index (χ1) is 11.8. The Morgan fingerprint density at radius 2 is 1.67 bits per heavy atom. The van der Waals surface area contributed by atoms with Crippen LogP contribution in [0.2, 0.25) is 0 Å². The van der Waals surface area contributed by atoms with E-state index in [9.17, 15) is 4.79 Å². The highest BCUT2D eigenvalue weighted by Gasteiger charge is 2.18. The molecule has 2 aromatic carbocycles. The molecule has 3 rings (SSSR count). The van der Waals surface area contributed by atoms with E-state index in [4.69, 9.17) is 9.47 Å². The van der Waals surface area contributed by atoms with Gasteiger partial charge >= 0.3 is 0 Å². The molecule has 1 aliphatic heterocycles. The number of nitrogens with zero attached hydrogens (tertiary/aromatic N) is 2. The Kier molecular flexibility index (Phi) is 5.23. The molecule has 5 nitrogen and oxygen atoms in total. The normalized spacial score (nSPS) is 15.2. The summed E-state index contributed by atoms with van der Waals surface area (Å²) in [6.45, 7) is 2.73. The van der Waals surface area contributed by atoms with Gasteiger partial charge in [0.2, 0.25) is 0 Å². The van der Waals surface area contributed by atoms with Crippen LogP contribution in [0.5, 0.6) is 5.75 Å². The topological polar surface area (TPSA) is 51.1 Å². The summed E-state index contributed by atoms with van der Waals surface area (Å²) >= 11 is 0. The number of morpholine rings is 1. The maximum atomic E-state index is 12.6. The van der Waals surface area contributed by atoms with E-state index in [1.165, 1.54) is 0 Å². The Hall–Kier alpha value is -2.66. The minimum atomic E-state index is -0.261. The van der Waals surface area contributed by atoms with Crippen LogP contribution >= 0.6 is 0 Å². The molecule has 1 amide bonds. The Labute approximate surface area is 141 Å². The van der Waals surface area contributed by atoms with E-state index in [0.29, 0.717) is 30.4 Å². The molecule has 0 spiro atoms. The number of rotatable bonds is 3. The van der Waals surface area contributed by atoms with E-state index in [-0.39, 0.29) is 5.91 Å². The summed E-state index contributed by atoms with van der Waals surface area (Å²) in [5.74, 6) is 1.15. The molecule has 1 heterocycles. The smallest absolute Gasteiger partial charge is 0.278 e. The lowest BCUT2D eigenvalue weighted by Gasteiger charge is -2.29. The molecule has 0 bridgehead atoms. The van der Waals surface area contributed by atoms with Crippen molar-refractivity contribution in [2.75, 3.05) is 33.4 Å². The quantitative estimate of drug-likeness (QED) is 0.643. The molecule has 1 saturated heterocycles. The fraction of sp³-hybridized carbons (Fsp3) is 0.263. The van der Waals surface area contributed by atoms with Gasteiger partial charge in [0.05, 0.1) is 20.3 Å². The maximum Gasteiger partial charge on any atom is 0.278 e. The Morgan fingerprint density at radius 3 is 2.29 bits per heavy atom. The second-order valence-electron chi connectivity index (χ2n) is 5.43. The molecule has 1 aliphatic rings. The first kappa shape index (κ1) is 16.2. The molecular formula is C19H20N2O3. The maximum absolute atomic E-state index is 12.6. The first-order valence-electron chi connectivity index (χ1n) is 7.93. The van der Waals surface area contributed by atoms with Crippen molar-refractivity contribution in [3.8, 4) is 5.75 Å². The standard InChI is InChI=1S/C19H20N2O3/c1-23-17-9-7-16(8-10-17)19(22)20-18(15-5-3-2-4-6-15)21-11-13-24-14-12-21/h2-10H,11-14H2,1H3. The lowest BCUT2D eigenvalue weighted by atomic mass is 10.1. The second-order valence-corrected chi connectivity index (χ2v) is 5.43. The van der Waals surface area contributed by atoms with E-state index in [1.807, 2.05) is 30.3 Å². The van der Waals surface area contributed by atoms with Crippen LogP contribution in [0.15, 0.2) is 59.6 Å². The fourth-order valence-electron chi connectivity index (χ4n) is 2.57. The SMILES string of the molecule is COc1ccc(C(=O)N=C(c2ccccc2)N2CCOCC2)cc1. The van der Waals surface area contributed by atoms with Crippen molar-refractivity contribution in [2.24, 2.45) is 4.99 Å². The lowest BCUT2D eigenvalue weighted by molar-refractivity contribution is 0.0678. The largest absolute Gasteiger partial charge is 0.497 e. The van der Waals surface area contributed by atoms with Gasteiger partial charge in [-0.1, -0.05) is 30.3 Å². The summed E-state index contributed by atoms with van der Waals surface area (Å²) in [6, 6.07) is 16.8. The van der Waals surface area contributed by atoms with Crippen molar-refractivity contribution in [2.45, 2.75) is 0 Å². The molecule has 5 heteroatoms. The van der Waals surface area contributed by atoms with Crippen LogP contribution in [-0.4, -0.2) is 50.1 Å². The van der Waals surface area contributed by atoms with Gasteiger partial charge in [0, 0.05) is 24.2 Å². The number of carbonyl (C=O) groups excluding carboxylic acids is 1. The van der Waals surface area contributed by atoms with Crippen molar-refractivity contribution >= 4 is 11.7 Å². The van der Waals surface area contributed by atoms with Crippen molar-refractivity contribution in [3.63, 3.8) is 0 Å². The number of amidine groups is 1. The van der Waals surface area contributed by atoms with Gasteiger partial charge in [0.1, 0.15) is 11.6 Å². The molecule has 24 heavy (non-hydrogen) atoms. The van der Waals surface area contributed by atoms with E-state index in [1.54, 1.807) is 31.4 Å². The average Bonchev–Trinajstić information content (AvgIpc) is 2.67. The van der Waals surface area contributed by atoms with E-state index in [0.717, 1.165) is 18.7 Å². The van der Waals surface area contributed by atoms with Gasteiger partial charge in [-0.05, 0) is 24.3 Å². The van der Waals surface area contributed by atoms with Crippen molar-refractivity contribution < 1.29 is 14.3 Å². The molecule has 0 saturated carbocycles. The van der Waals surface area contributed by atoms with E-state index >= 15 is 0 Å². The zero-order chi connectivity index (χ0) is 16.8. The minimum absolute atomic E-state index is 0.261. The highest BCUT2D eigenvalue weighted by molar-refractivity contribution is 6.09. The number of benzene rings is 2. The minimum Gasteiger partial charge on any atom is -0.497 e. The fourth-order valence-corrected chi connectivity index (χ4v) is 2.57. The summed E-state index contributed by atoms with van der Waals surface area (Å²) in [4.78, 5) is 19.1. The highest BCUT2D eigenvalue weighted by Crippen LogP contribution is 2.14. The van der Waals surface area contributed by atoms with Crippen molar-refractivity contribution in [3.05, 3.63) is 65.7 Å². The van der Waals surface area contributed by atoms with Crippen LogP contribution in [0.1, 0.15) is 15.9 Å². The van der Waals surface area contributed by atoms with Gasteiger partial charge in [0.25, 0.3) is 5.91 Å². The summed E-state index contributed by atoms with van der Waals surface area (Å²) in [6.07, 6.45) is 0. The third-order valence-electron chi connectivity index (χ3n) is 3.89. The zero-order valence-corrected chi connectivity index (χ0v) is 13.6. The van der Waals surface area contributed by atoms with Crippen LogP contribution < -0.4 is 4.74 Å². The van der Waals surface area contributed by atoms with Crippen molar-refractivity contribution in [1.82, 2.24) is 4.90 Å². The van der Waals surface area contributed by atoms with Crippen LogP contribution in [-0.2, 0) is 4.74 Å². The van der Waals surface area contributed by atoms with E-state index < -0.39 is 0 Å². The lowest BCUT2D eigenvalue weighted by Crippen LogP contribution is -2.41. The monoisotopic (exact) mass is 324 g/mol. The molecule has 0 aromatic heterocycles. The van der Waals surface area contributed by atoms with Gasteiger partial charge < -0.3 is 14.4 Å². The van der Waals surface area contributed by atoms with Crippen molar-refractivity contribution in [1.29, 1.82) is 0 Å². The zero-order valence-electron chi connectivity index (χ0n) is 13.6. The van der Waals surface area contributed by atoms with E-state index in [2.05, 4.69) is 9.89 Å². The molecule has 124 valence electrons. The van der Waals surface area contributed by atoms with Gasteiger partial charge in [0.15, 0.2) is 0 Å². The van der Waals surface area contributed by atoms with Crippen LogP contribution in [0.25, 0.3) is 0 Å². The molecule has 0 unspecified atom stereocenters. The first-order valence-corrected chi connectivity index (χ1v) is 7.93. The number of carbonyl (C=O) groups is 1. The van der Waals surface area contributed by atoms with Crippen LogP contribution in [0, 0.1) is 0 Å². The second kappa shape index (κ2) is 7.75. The van der Waals surface area contributed by atoms with Crippen LogP contribution in [0.3, 0.4) is 0 Å². The summed E-state index contributed by atoms with van der Waals surface area (Å²) in [5.41, 5.74) is 1.47. The predicted molar refractivity (Wildman–Crippen MR) is 92.7 cm³/mol. The summed E-state index contributed by atoms with van der Waals surface area (Å²) in [7, 11) is 1.60.